The van der Waals surface area contributed by atoms with E-state index >= 15 is 0 Å². The number of nitriles is 1. The van der Waals surface area contributed by atoms with Crippen LogP contribution in [0.3, 0.4) is 0 Å². The van der Waals surface area contributed by atoms with Gasteiger partial charge in [0.15, 0.2) is 0 Å². The summed E-state index contributed by atoms with van der Waals surface area (Å²) in [6, 6.07) is 8.09. The average Bonchev–Trinajstić information content (AvgIpc) is 2.94. The number of rotatable bonds is 10. The molecule has 0 fully saturated rings. The van der Waals surface area contributed by atoms with Gasteiger partial charge in [0.1, 0.15) is 17.7 Å². The zero-order valence-electron chi connectivity index (χ0n) is 17.3. The summed E-state index contributed by atoms with van der Waals surface area (Å²) >= 11 is 0. The molecule has 0 saturated carbocycles. The van der Waals surface area contributed by atoms with Crippen LogP contribution in [0.5, 0.6) is 0 Å². The van der Waals surface area contributed by atoms with Crippen LogP contribution in [0.25, 0.3) is 5.69 Å². The number of methoxy groups -OCH3 is 2. The lowest BCUT2D eigenvalue weighted by Crippen LogP contribution is -2.38. The second-order valence-electron chi connectivity index (χ2n) is 6.67. The molecule has 1 N–H and O–H groups in total. The largest absolute Gasteiger partial charge is 0.383 e. The molecule has 0 saturated heterocycles. The molecule has 0 aliphatic rings. The van der Waals surface area contributed by atoms with Crippen LogP contribution in [0.4, 0.5) is 10.2 Å². The molecule has 0 bridgehead atoms. The fraction of sp³-hybridized carbons (Fsp3) is 0.429. The molecule has 156 valence electrons. The van der Waals surface area contributed by atoms with Crippen molar-refractivity contribution < 1.29 is 18.7 Å². The standard InChI is InChI=1S/C21H27FN4O3/c1-15-16(2)26(18-7-5-17(22)6-8-18)21(19(15)13-23)24-20(27)14-25(9-11-28-3)10-12-29-4/h5-8H,9-12,14H2,1-4H3,(H,24,27). The summed E-state index contributed by atoms with van der Waals surface area (Å²) in [5, 5.41) is 12.5. The van der Waals surface area contributed by atoms with Crippen LogP contribution in [-0.2, 0) is 14.3 Å². The van der Waals surface area contributed by atoms with E-state index in [1.807, 2.05) is 18.7 Å². The van der Waals surface area contributed by atoms with Crippen LogP contribution in [0.2, 0.25) is 0 Å². The van der Waals surface area contributed by atoms with Crippen molar-refractivity contribution in [2.24, 2.45) is 0 Å². The van der Waals surface area contributed by atoms with E-state index in [2.05, 4.69) is 11.4 Å². The van der Waals surface area contributed by atoms with Crippen LogP contribution in [0.1, 0.15) is 16.8 Å². The van der Waals surface area contributed by atoms with Crippen molar-refractivity contribution in [1.82, 2.24) is 9.47 Å². The minimum absolute atomic E-state index is 0.129. The van der Waals surface area contributed by atoms with E-state index in [9.17, 15) is 14.4 Å². The Morgan fingerprint density at radius 3 is 2.28 bits per heavy atom. The number of hydrogen-bond acceptors (Lipinski definition) is 5. The molecule has 0 spiro atoms. The third-order valence-electron chi connectivity index (χ3n) is 4.76. The summed E-state index contributed by atoms with van der Waals surface area (Å²) in [6.45, 7) is 5.95. The Kier molecular flexibility index (Phi) is 8.34. The van der Waals surface area contributed by atoms with Crippen molar-refractivity contribution in [2.75, 3.05) is 52.4 Å². The SMILES string of the molecule is COCCN(CCOC)CC(=O)Nc1c(C#N)c(C)c(C)n1-c1ccc(F)cc1. The molecule has 2 aromatic rings. The van der Waals surface area contributed by atoms with Gasteiger partial charge in [0.05, 0.1) is 25.3 Å². The van der Waals surface area contributed by atoms with Crippen molar-refractivity contribution in [3.05, 3.63) is 46.9 Å². The Morgan fingerprint density at radius 2 is 1.76 bits per heavy atom. The molecule has 7 nitrogen and oxygen atoms in total. The van der Waals surface area contributed by atoms with Gasteiger partial charge in [0.2, 0.25) is 5.91 Å². The molecule has 0 atom stereocenters. The van der Waals surface area contributed by atoms with E-state index in [1.165, 1.54) is 12.1 Å². The maximum Gasteiger partial charge on any atom is 0.239 e. The van der Waals surface area contributed by atoms with Gasteiger partial charge in [-0.05, 0) is 43.7 Å². The monoisotopic (exact) mass is 402 g/mol. The molecule has 1 aromatic heterocycles. The Balaban J connectivity index is 2.31. The van der Waals surface area contributed by atoms with E-state index in [1.54, 1.807) is 30.9 Å². The fourth-order valence-corrected chi connectivity index (χ4v) is 3.06. The first-order valence-corrected chi connectivity index (χ1v) is 9.30. The van der Waals surface area contributed by atoms with Gasteiger partial charge < -0.3 is 14.8 Å². The Bertz CT molecular complexity index is 864. The summed E-state index contributed by atoms with van der Waals surface area (Å²) in [5.41, 5.74) is 2.63. The minimum atomic E-state index is -0.353. The van der Waals surface area contributed by atoms with Gasteiger partial charge in [-0.15, -0.1) is 0 Å². The van der Waals surface area contributed by atoms with E-state index in [0.29, 0.717) is 43.4 Å². The fourth-order valence-electron chi connectivity index (χ4n) is 3.06. The number of halogens is 1. The molecule has 1 heterocycles. The number of ether oxygens (including phenoxy) is 2. The number of hydrogen-bond donors (Lipinski definition) is 1. The molecule has 2 rings (SSSR count). The van der Waals surface area contributed by atoms with Crippen LogP contribution in [0, 0.1) is 31.0 Å². The summed E-state index contributed by atoms with van der Waals surface area (Å²) in [7, 11) is 3.21. The molecular formula is C21H27FN4O3. The van der Waals surface area contributed by atoms with Crippen LogP contribution in [-0.4, -0.2) is 62.4 Å². The summed E-state index contributed by atoms with van der Waals surface area (Å²) in [6.07, 6.45) is 0. The van der Waals surface area contributed by atoms with Crippen LogP contribution >= 0.6 is 0 Å². The van der Waals surface area contributed by atoms with Gasteiger partial charge in [-0.2, -0.15) is 5.26 Å². The summed E-state index contributed by atoms with van der Waals surface area (Å²) < 4.78 is 25.3. The number of benzene rings is 1. The quantitative estimate of drug-likeness (QED) is 0.661. The number of carbonyl (C=O) groups is 1. The van der Waals surface area contributed by atoms with Gasteiger partial charge >= 0.3 is 0 Å². The van der Waals surface area contributed by atoms with Crippen molar-refractivity contribution in [3.63, 3.8) is 0 Å². The highest BCUT2D eigenvalue weighted by molar-refractivity contribution is 5.93. The van der Waals surface area contributed by atoms with Crippen LogP contribution in [0.15, 0.2) is 24.3 Å². The predicted molar refractivity (Wildman–Crippen MR) is 109 cm³/mol. The van der Waals surface area contributed by atoms with Gasteiger partial charge in [-0.25, -0.2) is 4.39 Å². The lowest BCUT2D eigenvalue weighted by Gasteiger charge is -2.21. The highest BCUT2D eigenvalue weighted by Gasteiger charge is 2.21. The van der Waals surface area contributed by atoms with Crippen molar-refractivity contribution in [1.29, 1.82) is 5.26 Å². The van der Waals surface area contributed by atoms with Crippen molar-refractivity contribution in [2.45, 2.75) is 13.8 Å². The maximum atomic E-state index is 13.4. The lowest BCUT2D eigenvalue weighted by atomic mass is 10.2. The third-order valence-corrected chi connectivity index (χ3v) is 4.76. The number of anilines is 1. The molecule has 1 aromatic carbocycles. The van der Waals surface area contributed by atoms with Gasteiger partial charge in [-0.1, -0.05) is 0 Å². The third kappa shape index (κ3) is 5.64. The van der Waals surface area contributed by atoms with E-state index in [4.69, 9.17) is 9.47 Å². The normalized spacial score (nSPS) is 10.9. The smallest absolute Gasteiger partial charge is 0.239 e. The van der Waals surface area contributed by atoms with Gasteiger partial charge in [-0.3, -0.25) is 14.3 Å². The number of amides is 1. The molecular weight excluding hydrogens is 375 g/mol. The topological polar surface area (TPSA) is 79.5 Å². The highest BCUT2D eigenvalue weighted by Crippen LogP contribution is 2.30. The Labute approximate surface area is 170 Å². The lowest BCUT2D eigenvalue weighted by molar-refractivity contribution is -0.117. The first-order valence-electron chi connectivity index (χ1n) is 9.30. The number of carbonyl (C=O) groups excluding carboxylic acids is 1. The van der Waals surface area contributed by atoms with E-state index in [0.717, 1.165) is 11.3 Å². The number of nitrogens with zero attached hydrogens (tertiary/aromatic N) is 3. The molecule has 0 aliphatic heterocycles. The molecule has 0 radical (unpaired) electrons. The van der Waals surface area contributed by atoms with E-state index in [-0.39, 0.29) is 18.3 Å². The zero-order valence-corrected chi connectivity index (χ0v) is 17.3. The Hall–Kier alpha value is -2.73. The Morgan fingerprint density at radius 1 is 1.17 bits per heavy atom. The van der Waals surface area contributed by atoms with Crippen LogP contribution < -0.4 is 5.32 Å². The maximum absolute atomic E-state index is 13.4. The second kappa shape index (κ2) is 10.7. The second-order valence-corrected chi connectivity index (χ2v) is 6.67. The van der Waals surface area contributed by atoms with E-state index < -0.39 is 0 Å². The minimum Gasteiger partial charge on any atom is -0.383 e. The molecule has 29 heavy (non-hydrogen) atoms. The number of nitrogens with one attached hydrogen (secondary N) is 1. The first-order chi connectivity index (χ1) is 13.9. The van der Waals surface area contributed by atoms with Gasteiger partial charge in [0.25, 0.3) is 0 Å². The highest BCUT2D eigenvalue weighted by atomic mass is 19.1. The zero-order chi connectivity index (χ0) is 21.4. The number of aromatic nitrogens is 1. The predicted octanol–water partition coefficient (Wildman–Crippen LogP) is 2.64. The van der Waals surface area contributed by atoms with Crippen molar-refractivity contribution in [3.8, 4) is 11.8 Å². The molecule has 8 heteroatoms. The average molecular weight is 402 g/mol. The molecule has 0 aliphatic carbocycles. The molecule has 1 amide bonds. The molecule has 0 unspecified atom stereocenters. The first kappa shape index (κ1) is 22.6. The summed E-state index contributed by atoms with van der Waals surface area (Å²) in [4.78, 5) is 14.7. The summed E-state index contributed by atoms with van der Waals surface area (Å²) in [5.74, 6) is -0.222. The van der Waals surface area contributed by atoms with Gasteiger partial charge in [0, 0.05) is 38.7 Å². The van der Waals surface area contributed by atoms with Crippen molar-refractivity contribution >= 4 is 11.7 Å².